The Morgan fingerprint density at radius 2 is 1.85 bits per heavy atom. The first-order chi connectivity index (χ1) is 9.55. The first-order valence-corrected chi connectivity index (χ1v) is 6.84. The van der Waals surface area contributed by atoms with Crippen LogP contribution < -0.4 is 5.32 Å². The van der Waals surface area contributed by atoms with Gasteiger partial charge in [-0.25, -0.2) is 9.59 Å². The number of hydrogen-bond acceptors (Lipinski definition) is 4. The minimum Gasteiger partial charge on any atom is -0.480 e. The zero-order valence-corrected chi connectivity index (χ0v) is 12.2. The van der Waals surface area contributed by atoms with Crippen LogP contribution in [0.2, 0.25) is 0 Å². The molecule has 0 aromatic rings. The van der Waals surface area contributed by atoms with Crippen LogP contribution >= 0.6 is 0 Å². The van der Waals surface area contributed by atoms with Crippen molar-refractivity contribution in [1.82, 2.24) is 10.2 Å². The lowest BCUT2D eigenvalue weighted by molar-refractivity contribution is -0.148. The van der Waals surface area contributed by atoms with Gasteiger partial charge in [0.15, 0.2) is 0 Å². The van der Waals surface area contributed by atoms with Crippen LogP contribution in [0.4, 0.5) is 4.79 Å². The van der Waals surface area contributed by atoms with Crippen molar-refractivity contribution < 1.29 is 24.2 Å². The number of methoxy groups -OCH3 is 2. The van der Waals surface area contributed by atoms with E-state index in [0.717, 1.165) is 6.42 Å². The molecule has 116 valence electrons. The number of urea groups is 1. The molecule has 2 amide bonds. The number of hydrogen-bond donors (Lipinski definition) is 2. The van der Waals surface area contributed by atoms with Crippen molar-refractivity contribution in [2.75, 3.05) is 40.5 Å². The van der Waals surface area contributed by atoms with Gasteiger partial charge in [0.05, 0.1) is 6.61 Å². The maximum atomic E-state index is 12.2. The van der Waals surface area contributed by atoms with E-state index in [0.29, 0.717) is 45.6 Å². The summed E-state index contributed by atoms with van der Waals surface area (Å²) in [5, 5.41) is 11.9. The molecule has 0 spiro atoms. The van der Waals surface area contributed by atoms with Crippen LogP contribution in [0.25, 0.3) is 0 Å². The van der Waals surface area contributed by atoms with Crippen molar-refractivity contribution in [3.05, 3.63) is 0 Å². The van der Waals surface area contributed by atoms with Gasteiger partial charge in [-0.05, 0) is 25.7 Å². The van der Waals surface area contributed by atoms with Crippen LogP contribution in [-0.2, 0) is 14.3 Å². The average Bonchev–Trinajstić information content (AvgIpc) is 2.37. The fraction of sp³-hybridized carbons (Fsp3) is 0.846. The Labute approximate surface area is 119 Å². The van der Waals surface area contributed by atoms with E-state index in [9.17, 15) is 14.7 Å². The number of ether oxygens (including phenoxy) is 2. The number of carboxylic acid groups (broad SMARTS) is 1. The van der Waals surface area contributed by atoms with Gasteiger partial charge in [0.2, 0.25) is 0 Å². The second-order valence-electron chi connectivity index (χ2n) is 5.00. The Kier molecular flexibility index (Phi) is 6.74. The molecule has 0 unspecified atom stereocenters. The molecule has 1 aliphatic carbocycles. The highest BCUT2D eigenvalue weighted by Crippen LogP contribution is 2.32. The molecule has 7 heteroatoms. The predicted molar refractivity (Wildman–Crippen MR) is 72.7 cm³/mol. The van der Waals surface area contributed by atoms with Gasteiger partial charge in [-0.2, -0.15) is 0 Å². The summed E-state index contributed by atoms with van der Waals surface area (Å²) in [5.74, 6) is -0.958. The molecule has 0 aliphatic heterocycles. The summed E-state index contributed by atoms with van der Waals surface area (Å²) in [6.45, 7) is 1.92. The summed E-state index contributed by atoms with van der Waals surface area (Å²) in [4.78, 5) is 25.0. The molecule has 0 atom stereocenters. The SMILES string of the molecule is COCCCN(CCOC)C(=O)NC1(C(=O)O)CCC1. The van der Waals surface area contributed by atoms with Gasteiger partial charge in [-0.1, -0.05) is 0 Å². The Morgan fingerprint density at radius 1 is 1.20 bits per heavy atom. The van der Waals surface area contributed by atoms with Crippen LogP contribution in [0.5, 0.6) is 0 Å². The first-order valence-electron chi connectivity index (χ1n) is 6.84. The summed E-state index contributed by atoms with van der Waals surface area (Å²) in [6.07, 6.45) is 2.51. The normalized spacial score (nSPS) is 16.3. The minimum atomic E-state index is -1.08. The monoisotopic (exact) mass is 288 g/mol. The molecule has 0 heterocycles. The second kappa shape index (κ2) is 8.06. The smallest absolute Gasteiger partial charge is 0.329 e. The number of carbonyl (C=O) groups is 2. The van der Waals surface area contributed by atoms with Crippen LogP contribution in [0.1, 0.15) is 25.7 Å². The molecular weight excluding hydrogens is 264 g/mol. The molecule has 0 aromatic carbocycles. The molecule has 7 nitrogen and oxygen atoms in total. The molecule has 1 saturated carbocycles. The number of rotatable bonds is 9. The van der Waals surface area contributed by atoms with E-state index in [1.807, 2.05) is 0 Å². The predicted octanol–water partition coefficient (Wildman–Crippen LogP) is 0.688. The Bertz CT molecular complexity index is 331. The summed E-state index contributed by atoms with van der Waals surface area (Å²) in [5.41, 5.74) is -1.08. The third-order valence-electron chi connectivity index (χ3n) is 3.59. The Morgan fingerprint density at radius 3 is 2.30 bits per heavy atom. The van der Waals surface area contributed by atoms with Gasteiger partial charge in [0.25, 0.3) is 0 Å². The third kappa shape index (κ3) is 4.35. The third-order valence-corrected chi connectivity index (χ3v) is 3.59. The van der Waals surface area contributed by atoms with E-state index in [4.69, 9.17) is 9.47 Å². The van der Waals surface area contributed by atoms with E-state index in [2.05, 4.69) is 5.32 Å². The Hall–Kier alpha value is -1.34. The van der Waals surface area contributed by atoms with Crippen LogP contribution in [0.15, 0.2) is 0 Å². The van der Waals surface area contributed by atoms with Crippen molar-refractivity contribution >= 4 is 12.0 Å². The van der Waals surface area contributed by atoms with E-state index >= 15 is 0 Å². The minimum absolute atomic E-state index is 0.347. The van der Waals surface area contributed by atoms with Crippen molar-refractivity contribution in [2.45, 2.75) is 31.2 Å². The summed E-state index contributed by atoms with van der Waals surface area (Å²) >= 11 is 0. The van der Waals surface area contributed by atoms with Crippen molar-refractivity contribution in [3.63, 3.8) is 0 Å². The largest absolute Gasteiger partial charge is 0.480 e. The summed E-state index contributed by atoms with van der Waals surface area (Å²) < 4.78 is 9.94. The standard InChI is InChI=1S/C13H24N2O5/c1-19-9-4-7-15(8-10-20-2)12(18)14-13(11(16)17)5-3-6-13/h3-10H2,1-2H3,(H,14,18)(H,16,17). The second-order valence-corrected chi connectivity index (χ2v) is 5.00. The van der Waals surface area contributed by atoms with Gasteiger partial charge in [0.1, 0.15) is 5.54 Å². The highest BCUT2D eigenvalue weighted by molar-refractivity contribution is 5.87. The van der Waals surface area contributed by atoms with Gasteiger partial charge < -0.3 is 24.8 Å². The number of amides is 2. The first kappa shape index (κ1) is 16.7. The topological polar surface area (TPSA) is 88.1 Å². The zero-order chi connectivity index (χ0) is 15.0. The van der Waals surface area contributed by atoms with Gasteiger partial charge in [-0.3, -0.25) is 0 Å². The van der Waals surface area contributed by atoms with Crippen LogP contribution in [0.3, 0.4) is 0 Å². The fourth-order valence-electron chi connectivity index (χ4n) is 2.12. The lowest BCUT2D eigenvalue weighted by atomic mass is 9.77. The van der Waals surface area contributed by atoms with Crippen molar-refractivity contribution in [3.8, 4) is 0 Å². The zero-order valence-electron chi connectivity index (χ0n) is 12.2. The van der Waals surface area contributed by atoms with Crippen molar-refractivity contribution in [2.24, 2.45) is 0 Å². The molecule has 1 aliphatic rings. The summed E-state index contributed by atoms with van der Waals surface area (Å²) in [6, 6.07) is -0.347. The quantitative estimate of drug-likeness (QED) is 0.609. The highest BCUT2D eigenvalue weighted by Gasteiger charge is 2.46. The molecule has 0 saturated heterocycles. The van der Waals surface area contributed by atoms with Gasteiger partial charge in [-0.15, -0.1) is 0 Å². The maximum absolute atomic E-state index is 12.2. The number of nitrogens with one attached hydrogen (secondary N) is 1. The fourth-order valence-corrected chi connectivity index (χ4v) is 2.12. The van der Waals surface area contributed by atoms with Gasteiger partial charge >= 0.3 is 12.0 Å². The van der Waals surface area contributed by atoms with Crippen LogP contribution in [-0.4, -0.2) is 68.1 Å². The molecule has 1 rings (SSSR count). The Balaban J connectivity index is 2.54. The maximum Gasteiger partial charge on any atom is 0.329 e. The molecule has 0 bridgehead atoms. The van der Waals surface area contributed by atoms with Gasteiger partial charge in [0, 0.05) is 33.9 Å². The van der Waals surface area contributed by atoms with E-state index < -0.39 is 11.5 Å². The van der Waals surface area contributed by atoms with Crippen LogP contribution in [0, 0.1) is 0 Å². The molecule has 20 heavy (non-hydrogen) atoms. The van der Waals surface area contributed by atoms with E-state index in [-0.39, 0.29) is 6.03 Å². The highest BCUT2D eigenvalue weighted by atomic mass is 16.5. The average molecular weight is 288 g/mol. The van der Waals surface area contributed by atoms with Crippen molar-refractivity contribution in [1.29, 1.82) is 0 Å². The number of carbonyl (C=O) groups excluding carboxylic acids is 1. The number of carboxylic acids is 1. The lowest BCUT2D eigenvalue weighted by Crippen LogP contribution is -2.62. The molecule has 1 fully saturated rings. The van der Waals surface area contributed by atoms with E-state index in [1.165, 1.54) is 0 Å². The van der Waals surface area contributed by atoms with E-state index in [1.54, 1.807) is 19.1 Å². The lowest BCUT2D eigenvalue weighted by Gasteiger charge is -2.39. The molecule has 2 N–H and O–H groups in total. The summed E-state index contributed by atoms with van der Waals surface area (Å²) in [7, 11) is 3.17. The number of nitrogens with zero attached hydrogens (tertiary/aromatic N) is 1. The number of aliphatic carboxylic acids is 1. The molecule has 0 radical (unpaired) electrons. The molecule has 0 aromatic heterocycles. The molecular formula is C13H24N2O5.